The van der Waals surface area contributed by atoms with Gasteiger partial charge in [-0.2, -0.15) is 0 Å². The normalized spacial score (nSPS) is 18.1. The van der Waals surface area contributed by atoms with Crippen LogP contribution in [0.4, 0.5) is 0 Å². The Morgan fingerprint density at radius 2 is 2.07 bits per heavy atom. The topological polar surface area (TPSA) is 32.7 Å². The number of amides is 1. The number of likely N-dealkylation sites (tertiary alicyclic amines) is 1. The molecule has 1 saturated heterocycles. The molecule has 1 heterocycles. The summed E-state index contributed by atoms with van der Waals surface area (Å²) in [5, 5.41) is 2.41. The highest BCUT2D eigenvalue weighted by Gasteiger charge is 2.23. The van der Waals surface area contributed by atoms with E-state index >= 15 is 0 Å². The molecular weight excluding hydrogens is 196 g/mol. The first kappa shape index (κ1) is 11.3. The first-order valence-electron chi connectivity index (χ1n) is 5.01. The minimum absolute atomic E-state index is 0.0977. The van der Waals surface area contributed by atoms with Crippen molar-refractivity contribution in [3.63, 3.8) is 0 Å². The Morgan fingerprint density at radius 1 is 1.50 bits per heavy atom. The largest absolute Gasteiger partial charge is 0.342 e. The van der Waals surface area contributed by atoms with Crippen molar-refractivity contribution in [2.24, 2.45) is 10.9 Å². The van der Waals surface area contributed by atoms with E-state index in [1.807, 2.05) is 18.7 Å². The maximum atomic E-state index is 11.6. The van der Waals surface area contributed by atoms with E-state index in [9.17, 15) is 4.79 Å². The van der Waals surface area contributed by atoms with Crippen LogP contribution in [0.2, 0.25) is 0 Å². The van der Waals surface area contributed by atoms with Gasteiger partial charge in [0.25, 0.3) is 0 Å². The molecule has 0 atom stereocenters. The third-order valence-corrected chi connectivity index (χ3v) is 2.61. The van der Waals surface area contributed by atoms with Crippen LogP contribution in [0.15, 0.2) is 4.99 Å². The average Bonchev–Trinajstić information content (AvgIpc) is 2.18. The van der Waals surface area contributed by atoms with E-state index in [0.717, 1.165) is 25.9 Å². The smallest absolute Gasteiger partial charge is 0.225 e. The SMILES string of the molecule is CC(C)C(=O)N1CCC(N=C=S)CC1. The number of aliphatic imine (C=N–C) groups is 1. The molecule has 0 aromatic rings. The number of rotatable bonds is 2. The lowest BCUT2D eigenvalue weighted by Crippen LogP contribution is -2.41. The van der Waals surface area contributed by atoms with E-state index in [1.165, 1.54) is 0 Å². The summed E-state index contributed by atoms with van der Waals surface area (Å²) in [4.78, 5) is 17.6. The number of nitrogens with zero attached hydrogens (tertiary/aromatic N) is 2. The molecule has 1 aliphatic heterocycles. The fraction of sp³-hybridized carbons (Fsp3) is 0.800. The molecule has 0 aliphatic carbocycles. The number of isothiocyanates is 1. The summed E-state index contributed by atoms with van der Waals surface area (Å²) in [7, 11) is 0. The zero-order valence-electron chi connectivity index (χ0n) is 8.69. The molecule has 0 bridgehead atoms. The Morgan fingerprint density at radius 3 is 2.50 bits per heavy atom. The number of carbonyl (C=O) groups excluding carboxylic acids is 1. The van der Waals surface area contributed by atoms with Gasteiger partial charge in [0.15, 0.2) is 0 Å². The van der Waals surface area contributed by atoms with E-state index < -0.39 is 0 Å². The molecule has 0 aromatic heterocycles. The molecule has 1 amide bonds. The van der Waals surface area contributed by atoms with Gasteiger partial charge in [0, 0.05) is 19.0 Å². The summed E-state index contributed by atoms with van der Waals surface area (Å²) in [6.45, 7) is 5.48. The predicted molar refractivity (Wildman–Crippen MR) is 59.5 cm³/mol. The number of thiocarbonyl (C=S) groups is 1. The maximum absolute atomic E-state index is 11.6. The van der Waals surface area contributed by atoms with Gasteiger partial charge in [0.05, 0.1) is 11.2 Å². The third kappa shape index (κ3) is 2.89. The van der Waals surface area contributed by atoms with Gasteiger partial charge in [0.2, 0.25) is 5.91 Å². The number of carbonyl (C=O) groups is 1. The standard InChI is InChI=1S/C10H16N2OS/c1-8(2)10(13)12-5-3-9(4-6-12)11-7-14/h8-9H,3-6H2,1-2H3. The third-order valence-electron chi connectivity index (χ3n) is 2.51. The van der Waals surface area contributed by atoms with Crippen LogP contribution < -0.4 is 0 Å². The van der Waals surface area contributed by atoms with Gasteiger partial charge >= 0.3 is 0 Å². The van der Waals surface area contributed by atoms with Crippen molar-refractivity contribution < 1.29 is 4.79 Å². The van der Waals surface area contributed by atoms with E-state index in [2.05, 4.69) is 22.4 Å². The van der Waals surface area contributed by atoms with Crippen molar-refractivity contribution in [1.82, 2.24) is 4.90 Å². The fourth-order valence-electron chi connectivity index (χ4n) is 1.66. The molecule has 0 spiro atoms. The molecule has 1 aliphatic rings. The number of hydrogen-bond acceptors (Lipinski definition) is 3. The van der Waals surface area contributed by atoms with Gasteiger partial charge in [-0.15, -0.1) is 0 Å². The second-order valence-electron chi connectivity index (χ2n) is 3.93. The molecule has 0 unspecified atom stereocenters. The first-order chi connectivity index (χ1) is 6.65. The molecule has 0 saturated carbocycles. The highest BCUT2D eigenvalue weighted by atomic mass is 32.1. The van der Waals surface area contributed by atoms with Gasteiger partial charge in [0.1, 0.15) is 0 Å². The summed E-state index contributed by atoms with van der Waals surface area (Å²) in [5.74, 6) is 0.343. The highest BCUT2D eigenvalue weighted by molar-refractivity contribution is 7.78. The molecule has 78 valence electrons. The molecular formula is C10H16N2OS. The zero-order valence-corrected chi connectivity index (χ0v) is 9.51. The first-order valence-corrected chi connectivity index (χ1v) is 5.41. The Labute approximate surface area is 90.2 Å². The molecule has 1 rings (SSSR count). The lowest BCUT2D eigenvalue weighted by atomic mass is 10.0. The maximum Gasteiger partial charge on any atom is 0.225 e. The van der Waals surface area contributed by atoms with Gasteiger partial charge in [-0.3, -0.25) is 4.79 Å². The summed E-state index contributed by atoms with van der Waals surface area (Å²) in [5.41, 5.74) is 0. The monoisotopic (exact) mass is 212 g/mol. The van der Waals surface area contributed by atoms with Gasteiger partial charge in [-0.1, -0.05) is 13.8 Å². The Kier molecular flexibility index (Phi) is 4.23. The van der Waals surface area contributed by atoms with E-state index in [-0.39, 0.29) is 17.9 Å². The fourth-order valence-corrected chi connectivity index (χ4v) is 1.80. The van der Waals surface area contributed by atoms with Crippen LogP contribution in [0, 0.1) is 5.92 Å². The van der Waals surface area contributed by atoms with Crippen molar-refractivity contribution in [3.05, 3.63) is 0 Å². The van der Waals surface area contributed by atoms with Crippen molar-refractivity contribution in [2.45, 2.75) is 32.7 Å². The van der Waals surface area contributed by atoms with Crippen LogP contribution in [-0.4, -0.2) is 35.1 Å². The van der Waals surface area contributed by atoms with Gasteiger partial charge in [-0.05, 0) is 25.1 Å². The van der Waals surface area contributed by atoms with Gasteiger partial charge < -0.3 is 4.90 Å². The second kappa shape index (κ2) is 5.23. The van der Waals surface area contributed by atoms with Crippen LogP contribution in [0.25, 0.3) is 0 Å². The van der Waals surface area contributed by atoms with Crippen LogP contribution in [-0.2, 0) is 4.79 Å². The van der Waals surface area contributed by atoms with Crippen LogP contribution >= 0.6 is 12.2 Å². The highest BCUT2D eigenvalue weighted by Crippen LogP contribution is 2.15. The molecule has 14 heavy (non-hydrogen) atoms. The molecule has 0 aromatic carbocycles. The summed E-state index contributed by atoms with van der Waals surface area (Å²) in [6.07, 6.45) is 1.84. The lowest BCUT2D eigenvalue weighted by Gasteiger charge is -2.31. The lowest BCUT2D eigenvalue weighted by molar-refractivity contribution is -0.135. The van der Waals surface area contributed by atoms with Crippen molar-refractivity contribution in [1.29, 1.82) is 0 Å². The average molecular weight is 212 g/mol. The second-order valence-corrected chi connectivity index (χ2v) is 4.11. The van der Waals surface area contributed by atoms with E-state index in [0.29, 0.717) is 0 Å². The minimum Gasteiger partial charge on any atom is -0.342 e. The number of piperidine rings is 1. The van der Waals surface area contributed by atoms with Crippen LogP contribution in [0.3, 0.4) is 0 Å². The summed E-state index contributed by atoms with van der Waals surface area (Å²) < 4.78 is 0. The van der Waals surface area contributed by atoms with E-state index in [1.54, 1.807) is 0 Å². The molecule has 1 fully saturated rings. The Hall–Kier alpha value is -0.730. The van der Waals surface area contributed by atoms with Crippen molar-refractivity contribution >= 4 is 23.3 Å². The van der Waals surface area contributed by atoms with Crippen LogP contribution in [0.5, 0.6) is 0 Å². The summed E-state index contributed by atoms with van der Waals surface area (Å²) >= 11 is 4.56. The molecule has 4 heteroatoms. The predicted octanol–water partition coefficient (Wildman–Crippen LogP) is 1.74. The molecule has 0 N–H and O–H groups in total. The minimum atomic E-state index is 0.0977. The van der Waals surface area contributed by atoms with Crippen molar-refractivity contribution in [2.75, 3.05) is 13.1 Å². The molecule has 0 radical (unpaired) electrons. The molecule has 3 nitrogen and oxygen atoms in total. The van der Waals surface area contributed by atoms with Crippen molar-refractivity contribution in [3.8, 4) is 0 Å². The van der Waals surface area contributed by atoms with E-state index in [4.69, 9.17) is 0 Å². The Bertz CT molecular complexity index is 251. The Balaban J connectivity index is 2.43. The summed E-state index contributed by atoms with van der Waals surface area (Å²) in [6, 6.07) is 0.281. The quantitative estimate of drug-likeness (QED) is 0.516. The number of hydrogen-bond donors (Lipinski definition) is 0. The van der Waals surface area contributed by atoms with Gasteiger partial charge in [-0.25, -0.2) is 4.99 Å². The zero-order chi connectivity index (χ0) is 10.6. The van der Waals surface area contributed by atoms with Crippen LogP contribution in [0.1, 0.15) is 26.7 Å².